The van der Waals surface area contributed by atoms with Crippen LogP contribution in [-0.2, 0) is 54.3 Å². The second-order valence-corrected chi connectivity index (χ2v) is 16.4. The van der Waals surface area contributed by atoms with Gasteiger partial charge in [-0.15, -0.1) is 0 Å². The molecule has 1 aromatic carbocycles. The Labute approximate surface area is 377 Å². The molecular formula is C47H57N7O11. The predicted molar refractivity (Wildman–Crippen MR) is 237 cm³/mol. The summed E-state index contributed by atoms with van der Waals surface area (Å²) in [7, 11) is 1.44. The lowest BCUT2D eigenvalue weighted by molar-refractivity contribution is -0.158. The fourth-order valence-electron chi connectivity index (χ4n) is 7.85. The third-order valence-corrected chi connectivity index (χ3v) is 11.5. The second kappa shape index (κ2) is 23.0. The van der Waals surface area contributed by atoms with Crippen molar-refractivity contribution in [2.24, 2.45) is 5.92 Å². The quantitative estimate of drug-likeness (QED) is 0.114. The second-order valence-electron chi connectivity index (χ2n) is 16.4. The number of amides is 7. The highest BCUT2D eigenvalue weighted by Crippen LogP contribution is 2.26. The first-order valence-electron chi connectivity index (χ1n) is 21.7. The van der Waals surface area contributed by atoms with Crippen LogP contribution in [0.5, 0.6) is 0 Å². The Morgan fingerprint density at radius 2 is 1.48 bits per heavy atom. The van der Waals surface area contributed by atoms with Gasteiger partial charge in [-0.3, -0.25) is 38.4 Å². The van der Waals surface area contributed by atoms with E-state index in [0.717, 1.165) is 0 Å². The summed E-state index contributed by atoms with van der Waals surface area (Å²) < 4.78 is 5.70. The highest BCUT2D eigenvalue weighted by Gasteiger charge is 2.44. The molecule has 4 aliphatic rings. The van der Waals surface area contributed by atoms with Gasteiger partial charge in [-0.25, -0.2) is 4.79 Å². The number of benzene rings is 1. The van der Waals surface area contributed by atoms with Crippen molar-refractivity contribution in [2.45, 2.75) is 95.5 Å². The van der Waals surface area contributed by atoms with E-state index in [2.05, 4.69) is 21.3 Å². The van der Waals surface area contributed by atoms with Crippen LogP contribution in [0, 0.1) is 5.92 Å². The van der Waals surface area contributed by atoms with Crippen LogP contribution < -0.4 is 21.3 Å². The van der Waals surface area contributed by atoms with Gasteiger partial charge in [0.1, 0.15) is 54.3 Å². The van der Waals surface area contributed by atoms with Crippen molar-refractivity contribution < 1.29 is 53.0 Å². The molecule has 0 saturated carbocycles. The monoisotopic (exact) mass is 895 g/mol. The Morgan fingerprint density at radius 3 is 2.12 bits per heavy atom. The number of carbonyl (C=O) groups is 9. The summed E-state index contributed by atoms with van der Waals surface area (Å²) in [6.07, 6.45) is 16.5. The van der Waals surface area contributed by atoms with Gasteiger partial charge in [0.2, 0.25) is 41.4 Å². The highest BCUT2D eigenvalue weighted by atomic mass is 16.5. The van der Waals surface area contributed by atoms with E-state index < -0.39 is 90.2 Å². The first-order chi connectivity index (χ1) is 31.0. The number of nitrogens with one attached hydrogen (secondary N) is 4. The number of aliphatic hydroxyl groups is 1. The lowest BCUT2D eigenvalue weighted by Crippen LogP contribution is -2.60. The summed E-state index contributed by atoms with van der Waals surface area (Å²) in [5, 5.41) is 20.1. The zero-order valence-corrected chi connectivity index (χ0v) is 36.9. The highest BCUT2D eigenvalue weighted by molar-refractivity contribution is 6.03. The average Bonchev–Trinajstić information content (AvgIpc) is 4.02. The lowest BCUT2D eigenvalue weighted by atomic mass is 10.0. The molecule has 18 nitrogen and oxygen atoms in total. The molecule has 346 valence electrons. The Bertz CT molecular complexity index is 2200. The molecule has 0 aromatic heterocycles. The molecule has 3 aliphatic heterocycles. The maximum atomic E-state index is 14.4. The molecule has 18 heteroatoms. The Morgan fingerprint density at radius 1 is 0.831 bits per heavy atom. The molecule has 5 rings (SSSR count). The zero-order valence-electron chi connectivity index (χ0n) is 36.9. The molecule has 0 radical (unpaired) electrons. The number of likely N-dealkylation sites (N-methyl/N-ethyl adjacent to an activating group) is 1. The molecule has 0 bridgehead atoms. The molecule has 0 spiro atoms. The van der Waals surface area contributed by atoms with E-state index in [1.807, 2.05) is 6.92 Å². The summed E-state index contributed by atoms with van der Waals surface area (Å²) in [6.45, 7) is 4.65. The number of ketones is 1. The lowest BCUT2D eigenvalue weighted by Gasteiger charge is -2.34. The normalized spacial score (nSPS) is 25.6. The number of esters is 1. The molecule has 7 unspecified atom stereocenters. The molecule has 65 heavy (non-hydrogen) atoms. The standard InChI is InChI=1S/C47H57N7O11/c1-29-25-36-47(64)65-28-34(45(62)53-24-16-19-35(53)46(63)52(4)31(3)42(59)48-30(2)44(61)54(36)27-29)50-43(60)33(26-32-17-12-11-13-18-32)49-39(57)20-14-9-7-5-6-8-10-15-21-40(58)51-41-37(55)22-23-38(41)56/h5-15,17-18,20-21,29-31,33-36,55H,16,19,22-28H2,1-4H3,(H,48,59)(H,49,57)(H,50,60)(H,51,58). The number of carbonyl (C=O) groups excluding carboxylic acids is 9. The van der Waals surface area contributed by atoms with Gasteiger partial charge in [-0.05, 0) is 44.6 Å². The Kier molecular flexibility index (Phi) is 17.3. The Hall–Kier alpha value is -7.11. The van der Waals surface area contributed by atoms with Crippen LogP contribution in [0.1, 0.15) is 58.4 Å². The van der Waals surface area contributed by atoms with Gasteiger partial charge in [0, 0.05) is 51.6 Å². The number of hydrogen-bond donors (Lipinski definition) is 5. The maximum Gasteiger partial charge on any atom is 0.328 e. The van der Waals surface area contributed by atoms with Gasteiger partial charge in [-0.2, -0.15) is 0 Å². The van der Waals surface area contributed by atoms with E-state index in [4.69, 9.17) is 4.74 Å². The number of fused-ring (bicyclic) bond motifs is 2. The van der Waals surface area contributed by atoms with Crippen LogP contribution in [0.2, 0.25) is 0 Å². The maximum absolute atomic E-state index is 14.4. The Balaban J connectivity index is 1.29. The predicted octanol–water partition coefficient (Wildman–Crippen LogP) is 1.36. The fourth-order valence-corrected chi connectivity index (χ4v) is 7.85. The van der Waals surface area contributed by atoms with Gasteiger partial charge >= 0.3 is 5.97 Å². The van der Waals surface area contributed by atoms with Gasteiger partial charge < -0.3 is 45.8 Å². The molecule has 1 aromatic rings. The minimum absolute atomic E-state index is 0.0250. The minimum Gasteiger partial charge on any atom is -0.510 e. The third-order valence-electron chi connectivity index (χ3n) is 11.5. The van der Waals surface area contributed by atoms with Gasteiger partial charge in [-0.1, -0.05) is 85.9 Å². The molecule has 3 saturated heterocycles. The largest absolute Gasteiger partial charge is 0.510 e. The summed E-state index contributed by atoms with van der Waals surface area (Å²) in [6, 6.07) is 2.15. The molecule has 3 fully saturated rings. The number of Topliss-reactive ketones (excluding diaryl/α,β-unsaturated/α-hetero) is 1. The van der Waals surface area contributed by atoms with Gasteiger partial charge in [0.15, 0.2) is 5.78 Å². The van der Waals surface area contributed by atoms with E-state index in [9.17, 15) is 48.3 Å². The van der Waals surface area contributed by atoms with Crippen LogP contribution in [0.25, 0.3) is 0 Å². The summed E-state index contributed by atoms with van der Waals surface area (Å²) in [5.41, 5.74) is 0.616. The zero-order chi connectivity index (χ0) is 47.2. The summed E-state index contributed by atoms with van der Waals surface area (Å²) in [4.78, 5) is 124. The number of aliphatic hydroxyl groups excluding tert-OH is 1. The first-order valence-corrected chi connectivity index (χ1v) is 21.7. The smallest absolute Gasteiger partial charge is 0.328 e. The molecule has 1 aliphatic carbocycles. The van der Waals surface area contributed by atoms with E-state index in [1.54, 1.807) is 66.8 Å². The molecule has 7 amide bonds. The number of rotatable bonds is 12. The fraction of sp³-hybridized carbons (Fsp3) is 0.426. The van der Waals surface area contributed by atoms with Crippen LogP contribution in [0.15, 0.2) is 103 Å². The van der Waals surface area contributed by atoms with Crippen molar-refractivity contribution in [3.8, 4) is 0 Å². The third kappa shape index (κ3) is 13.2. The van der Waals surface area contributed by atoms with Crippen molar-refractivity contribution in [2.75, 3.05) is 26.7 Å². The van der Waals surface area contributed by atoms with Crippen LogP contribution in [0.4, 0.5) is 0 Å². The van der Waals surface area contributed by atoms with E-state index in [-0.39, 0.29) is 68.4 Å². The van der Waals surface area contributed by atoms with Crippen LogP contribution >= 0.6 is 0 Å². The summed E-state index contributed by atoms with van der Waals surface area (Å²) in [5.74, 6) is -5.59. The number of hydrogen-bond acceptors (Lipinski definition) is 11. The van der Waals surface area contributed by atoms with Crippen molar-refractivity contribution in [3.05, 3.63) is 108 Å². The minimum atomic E-state index is -1.49. The molecular weight excluding hydrogens is 839 g/mol. The van der Waals surface area contributed by atoms with E-state index in [0.29, 0.717) is 12.0 Å². The van der Waals surface area contributed by atoms with E-state index in [1.165, 1.54) is 59.9 Å². The number of nitrogens with zero attached hydrogens (tertiary/aromatic N) is 3. The molecule has 5 N–H and O–H groups in total. The number of allylic oxidation sites excluding steroid dienone is 10. The molecule has 3 heterocycles. The topological polar surface area (TPSA) is 241 Å². The SMILES string of the molecule is CC1CC2C(=O)OCC(NC(=O)C(Cc3ccccc3)NC(=O)C=CC=CC=CC=CC=CC(=O)NC3=C(O)CCC3=O)C(=O)N3CCCC3C(=O)N(C)C(C)C(=O)NC(C)C(=O)N2C1. The van der Waals surface area contributed by atoms with Crippen molar-refractivity contribution in [1.82, 2.24) is 36.0 Å². The van der Waals surface area contributed by atoms with Crippen molar-refractivity contribution in [3.63, 3.8) is 0 Å². The van der Waals surface area contributed by atoms with Crippen molar-refractivity contribution in [1.29, 1.82) is 0 Å². The first kappa shape index (κ1) is 48.9. The molecule has 7 atom stereocenters. The summed E-state index contributed by atoms with van der Waals surface area (Å²) >= 11 is 0. The average molecular weight is 896 g/mol. The van der Waals surface area contributed by atoms with Crippen LogP contribution in [-0.4, -0.2) is 136 Å². The number of ether oxygens (including phenoxy) is 1. The van der Waals surface area contributed by atoms with Crippen molar-refractivity contribution >= 4 is 53.1 Å². The van der Waals surface area contributed by atoms with Crippen LogP contribution in [0.3, 0.4) is 0 Å². The van der Waals surface area contributed by atoms with E-state index >= 15 is 0 Å². The number of cyclic esters (lactones) is 1. The van der Waals surface area contributed by atoms with Gasteiger partial charge in [0.25, 0.3) is 0 Å². The van der Waals surface area contributed by atoms with Gasteiger partial charge in [0.05, 0.1) is 0 Å².